The number of hydrogen-bond acceptors (Lipinski definition) is 10. The summed E-state index contributed by atoms with van der Waals surface area (Å²) in [6, 6.07) is 13.8. The summed E-state index contributed by atoms with van der Waals surface area (Å²) in [5.74, 6) is 1.56. The zero-order valence-electron chi connectivity index (χ0n) is 27.3. The molecule has 12 nitrogen and oxygen atoms in total. The third-order valence-corrected chi connectivity index (χ3v) is 9.13. The molecular weight excluding hydrogens is 654 g/mol. The van der Waals surface area contributed by atoms with Gasteiger partial charge in [0.25, 0.3) is 0 Å². The number of carbonyl (C=O) groups is 1. The van der Waals surface area contributed by atoms with Crippen LogP contribution in [0.5, 0.6) is 11.5 Å². The molecule has 2 aromatic carbocycles. The summed E-state index contributed by atoms with van der Waals surface area (Å²) >= 11 is 6.57. The minimum atomic E-state index is -1.73. The van der Waals surface area contributed by atoms with Crippen molar-refractivity contribution >= 4 is 17.6 Å². The van der Waals surface area contributed by atoms with Crippen LogP contribution in [0.15, 0.2) is 60.9 Å². The molecule has 0 aliphatic heterocycles. The fourth-order valence-corrected chi connectivity index (χ4v) is 5.72. The molecule has 266 valence electrons. The predicted octanol–water partition coefficient (Wildman–Crippen LogP) is 3.43. The number of urea groups is 1. The maximum atomic E-state index is 12.2. The van der Waals surface area contributed by atoms with Gasteiger partial charge in [0.2, 0.25) is 0 Å². The van der Waals surface area contributed by atoms with Crippen LogP contribution in [-0.4, -0.2) is 93.4 Å². The van der Waals surface area contributed by atoms with Crippen molar-refractivity contribution in [3.8, 4) is 22.6 Å². The van der Waals surface area contributed by atoms with Crippen LogP contribution >= 0.6 is 11.6 Å². The number of aromatic nitrogens is 1. The van der Waals surface area contributed by atoms with Crippen LogP contribution in [0, 0.1) is 0 Å². The Hall–Kier alpha value is -3.49. The van der Waals surface area contributed by atoms with E-state index in [4.69, 9.17) is 30.9 Å². The van der Waals surface area contributed by atoms with Crippen molar-refractivity contribution < 1.29 is 44.5 Å². The van der Waals surface area contributed by atoms with Gasteiger partial charge in [-0.2, -0.15) is 0 Å². The molecule has 0 spiro atoms. The molecule has 2 fully saturated rings. The molecule has 2 amide bonds. The third kappa shape index (κ3) is 10.0. The van der Waals surface area contributed by atoms with E-state index in [0.717, 1.165) is 66.5 Å². The lowest BCUT2D eigenvalue weighted by atomic mass is 9.96. The first-order valence-electron chi connectivity index (χ1n) is 16.8. The highest BCUT2D eigenvalue weighted by molar-refractivity contribution is 6.31. The molecule has 0 bridgehead atoms. The minimum absolute atomic E-state index is 0.288. The van der Waals surface area contributed by atoms with Crippen molar-refractivity contribution in [3.63, 3.8) is 0 Å². The van der Waals surface area contributed by atoms with Gasteiger partial charge < -0.3 is 50.4 Å². The molecule has 5 rings (SSSR count). The Kier molecular flexibility index (Phi) is 13.1. The summed E-state index contributed by atoms with van der Waals surface area (Å²) in [5, 5.41) is 53.3. The van der Waals surface area contributed by atoms with Crippen LogP contribution in [0.2, 0.25) is 5.02 Å². The molecule has 1 heterocycles. The summed E-state index contributed by atoms with van der Waals surface area (Å²) in [5.41, 5.74) is 3.51. The molecule has 3 aromatic rings. The molecule has 0 radical (unpaired) electrons. The average Bonchev–Trinajstić information content (AvgIpc) is 4.07. The van der Waals surface area contributed by atoms with Crippen LogP contribution in [-0.2, 0) is 16.9 Å². The van der Waals surface area contributed by atoms with Gasteiger partial charge in [0.15, 0.2) is 0 Å². The Labute approximate surface area is 291 Å². The number of benzene rings is 2. The van der Waals surface area contributed by atoms with Crippen LogP contribution in [0.4, 0.5) is 4.79 Å². The Morgan fingerprint density at radius 3 is 2.51 bits per heavy atom. The number of nitrogens with zero attached hydrogens (tertiary/aromatic N) is 1. The molecule has 4 atom stereocenters. The van der Waals surface area contributed by atoms with Crippen molar-refractivity contribution in [3.05, 3.63) is 77.1 Å². The second kappa shape index (κ2) is 17.4. The number of rotatable bonds is 20. The Morgan fingerprint density at radius 1 is 0.980 bits per heavy atom. The third-order valence-electron chi connectivity index (χ3n) is 8.76. The number of pyridine rings is 1. The number of unbranched alkanes of at least 4 members (excludes halogenated alkanes) is 2. The SMILES string of the molecule is O=C(NCCCCCOc1ccc(Cl)c(COC2(c3cnccc3-c3ccccc3OC3CC3)CC2)c1)NC(CO)C(O)C(O)C(O)CO. The largest absolute Gasteiger partial charge is 0.494 e. The van der Waals surface area contributed by atoms with E-state index in [1.54, 1.807) is 12.3 Å². The van der Waals surface area contributed by atoms with E-state index < -0.39 is 49.2 Å². The van der Waals surface area contributed by atoms with Crippen LogP contribution in [0.3, 0.4) is 0 Å². The lowest BCUT2D eigenvalue weighted by molar-refractivity contribution is -0.0902. The molecular formula is C36H46ClN3O9. The number of carbonyl (C=O) groups excluding carboxylic acids is 1. The van der Waals surface area contributed by atoms with E-state index in [1.165, 1.54) is 0 Å². The molecule has 7 N–H and O–H groups in total. The van der Waals surface area contributed by atoms with Gasteiger partial charge in [-0.3, -0.25) is 4.98 Å². The van der Waals surface area contributed by atoms with Crippen LogP contribution < -0.4 is 20.1 Å². The predicted molar refractivity (Wildman–Crippen MR) is 182 cm³/mol. The van der Waals surface area contributed by atoms with Crippen LogP contribution in [0.1, 0.15) is 56.1 Å². The Bertz CT molecular complexity index is 1520. The topological polar surface area (TPSA) is 183 Å². The molecule has 2 aliphatic rings. The van der Waals surface area contributed by atoms with Gasteiger partial charge in [0.05, 0.1) is 44.2 Å². The highest BCUT2D eigenvalue weighted by atomic mass is 35.5. The number of aliphatic hydroxyl groups excluding tert-OH is 5. The van der Waals surface area contributed by atoms with Crippen molar-refractivity contribution in [2.75, 3.05) is 26.4 Å². The van der Waals surface area contributed by atoms with Gasteiger partial charge in [-0.05, 0) is 80.8 Å². The fourth-order valence-electron chi connectivity index (χ4n) is 5.55. The van der Waals surface area contributed by atoms with Crippen molar-refractivity contribution in [1.82, 2.24) is 15.6 Å². The first-order chi connectivity index (χ1) is 23.7. The summed E-state index contributed by atoms with van der Waals surface area (Å²) < 4.78 is 18.8. The summed E-state index contributed by atoms with van der Waals surface area (Å²) in [6.45, 7) is -0.334. The first-order valence-corrected chi connectivity index (χ1v) is 17.2. The highest BCUT2D eigenvalue weighted by Gasteiger charge is 2.48. The normalized spacial score (nSPS) is 17.4. The highest BCUT2D eigenvalue weighted by Crippen LogP contribution is 2.53. The number of para-hydroxylation sites is 1. The van der Waals surface area contributed by atoms with Gasteiger partial charge in [0, 0.05) is 40.7 Å². The lowest BCUT2D eigenvalue weighted by Gasteiger charge is -2.28. The van der Waals surface area contributed by atoms with E-state index in [2.05, 4.69) is 21.7 Å². The molecule has 0 saturated heterocycles. The van der Waals surface area contributed by atoms with Crippen molar-refractivity contribution in [1.29, 1.82) is 0 Å². The van der Waals surface area contributed by atoms with E-state index >= 15 is 0 Å². The number of nitrogens with one attached hydrogen (secondary N) is 2. The maximum Gasteiger partial charge on any atom is 0.315 e. The quantitative estimate of drug-likeness (QED) is 0.0863. The Balaban J connectivity index is 1.06. The fraction of sp³-hybridized carbons (Fsp3) is 0.500. The monoisotopic (exact) mass is 699 g/mol. The Morgan fingerprint density at radius 2 is 1.78 bits per heavy atom. The second-order valence-electron chi connectivity index (χ2n) is 12.6. The van der Waals surface area contributed by atoms with E-state index in [9.17, 15) is 25.2 Å². The molecule has 2 saturated carbocycles. The van der Waals surface area contributed by atoms with Crippen molar-refractivity contribution in [2.24, 2.45) is 0 Å². The number of hydrogen-bond donors (Lipinski definition) is 7. The van der Waals surface area contributed by atoms with E-state index in [1.807, 2.05) is 42.6 Å². The minimum Gasteiger partial charge on any atom is -0.494 e. The first kappa shape index (κ1) is 36.8. The molecule has 2 aliphatic carbocycles. The number of halogens is 1. The molecule has 1 aromatic heterocycles. The maximum absolute atomic E-state index is 12.2. The molecule has 49 heavy (non-hydrogen) atoms. The summed E-state index contributed by atoms with van der Waals surface area (Å²) in [7, 11) is 0. The average molecular weight is 700 g/mol. The lowest BCUT2D eigenvalue weighted by Crippen LogP contribution is -2.56. The zero-order valence-corrected chi connectivity index (χ0v) is 28.1. The van der Waals surface area contributed by atoms with E-state index in [0.29, 0.717) is 37.0 Å². The van der Waals surface area contributed by atoms with Gasteiger partial charge >= 0.3 is 6.03 Å². The number of amides is 2. The van der Waals surface area contributed by atoms with E-state index in [-0.39, 0.29) is 6.10 Å². The van der Waals surface area contributed by atoms with Gasteiger partial charge in [0.1, 0.15) is 29.8 Å². The van der Waals surface area contributed by atoms with Gasteiger partial charge in [-0.15, -0.1) is 0 Å². The summed E-state index contributed by atoms with van der Waals surface area (Å²) in [4.78, 5) is 16.6. The number of ether oxygens (including phenoxy) is 3. The second-order valence-corrected chi connectivity index (χ2v) is 13.0. The molecule has 4 unspecified atom stereocenters. The zero-order chi connectivity index (χ0) is 34.8. The smallest absolute Gasteiger partial charge is 0.315 e. The van der Waals surface area contributed by atoms with Crippen molar-refractivity contribution in [2.45, 2.75) is 87.6 Å². The molecule has 13 heteroatoms. The van der Waals surface area contributed by atoms with Crippen LogP contribution in [0.25, 0.3) is 11.1 Å². The summed E-state index contributed by atoms with van der Waals surface area (Å²) in [6.07, 6.45) is 5.07. The number of aliphatic hydroxyl groups is 5. The standard InChI is InChI=1S/C36H46ClN3O9/c37-29-11-10-25(47-17-5-1-4-15-39-35(46)40-30(20-41)33(44)34(45)31(43)21-42)18-23(29)22-48-36(13-14-36)28-19-38-16-12-26(28)27-6-2-3-7-32(27)49-24-8-9-24/h2-3,6-7,10-12,16,18-19,24,30-31,33-34,41-45H,1,4-5,8-9,13-15,17,20-22H2,(H2,39,40,46). The van der Waals surface area contributed by atoms with Gasteiger partial charge in [-0.25, -0.2) is 4.79 Å². The van der Waals surface area contributed by atoms with Gasteiger partial charge in [-0.1, -0.05) is 29.8 Å².